The molecule has 0 aliphatic rings. The van der Waals surface area contributed by atoms with Crippen molar-refractivity contribution in [2.45, 2.75) is 13.5 Å². The first-order chi connectivity index (χ1) is 8.08. The summed E-state index contributed by atoms with van der Waals surface area (Å²) in [6.45, 7) is 3.47. The van der Waals surface area contributed by atoms with E-state index in [-0.39, 0.29) is 12.5 Å². The molecule has 2 N–H and O–H groups in total. The van der Waals surface area contributed by atoms with Crippen LogP contribution in [0.1, 0.15) is 12.5 Å². The summed E-state index contributed by atoms with van der Waals surface area (Å²) in [6.07, 6.45) is 0. The fraction of sp³-hybridized carbons (Fsp3) is 0.500. The third-order valence-electron chi connectivity index (χ3n) is 2.41. The summed E-state index contributed by atoms with van der Waals surface area (Å²) in [5.41, 5.74) is 0.912. The summed E-state index contributed by atoms with van der Waals surface area (Å²) in [5.74, 6) is 0.857. The SMILES string of the molecule is COc1c(Cl)cc(Cl)cc1CNCC(C)CO. The number of benzene rings is 1. The number of aliphatic hydroxyl groups is 1. The number of halogens is 2. The van der Waals surface area contributed by atoms with Gasteiger partial charge in [-0.3, -0.25) is 0 Å². The van der Waals surface area contributed by atoms with Crippen molar-refractivity contribution < 1.29 is 9.84 Å². The number of methoxy groups -OCH3 is 1. The maximum atomic E-state index is 8.91. The lowest BCUT2D eigenvalue weighted by atomic mass is 10.1. The van der Waals surface area contributed by atoms with Gasteiger partial charge in [-0.25, -0.2) is 0 Å². The molecule has 0 aliphatic carbocycles. The van der Waals surface area contributed by atoms with Crippen LogP contribution in [-0.4, -0.2) is 25.4 Å². The van der Waals surface area contributed by atoms with Gasteiger partial charge in [0, 0.05) is 30.3 Å². The molecule has 0 bridgehead atoms. The molecule has 0 radical (unpaired) electrons. The Bertz CT molecular complexity index is 372. The predicted octanol–water partition coefficient (Wildman–Crippen LogP) is 2.72. The quantitative estimate of drug-likeness (QED) is 0.840. The second-order valence-corrected chi connectivity index (χ2v) is 4.84. The fourth-order valence-corrected chi connectivity index (χ4v) is 2.10. The monoisotopic (exact) mass is 277 g/mol. The van der Waals surface area contributed by atoms with Gasteiger partial charge < -0.3 is 15.2 Å². The van der Waals surface area contributed by atoms with Gasteiger partial charge in [0.25, 0.3) is 0 Å². The van der Waals surface area contributed by atoms with Crippen molar-refractivity contribution in [3.05, 3.63) is 27.7 Å². The first-order valence-corrected chi connectivity index (χ1v) is 6.17. The highest BCUT2D eigenvalue weighted by atomic mass is 35.5. The predicted molar refractivity (Wildman–Crippen MR) is 71.0 cm³/mol. The number of ether oxygens (including phenoxy) is 1. The number of hydrogen-bond donors (Lipinski definition) is 2. The van der Waals surface area contributed by atoms with Crippen LogP contribution in [0.3, 0.4) is 0 Å². The third-order valence-corrected chi connectivity index (χ3v) is 2.91. The Morgan fingerprint density at radius 3 is 2.71 bits per heavy atom. The smallest absolute Gasteiger partial charge is 0.142 e. The molecule has 0 aliphatic heterocycles. The van der Waals surface area contributed by atoms with Crippen LogP contribution in [-0.2, 0) is 6.54 Å². The topological polar surface area (TPSA) is 41.5 Å². The van der Waals surface area contributed by atoms with E-state index in [1.54, 1.807) is 13.2 Å². The lowest BCUT2D eigenvalue weighted by Crippen LogP contribution is -2.23. The van der Waals surface area contributed by atoms with Gasteiger partial charge in [-0.1, -0.05) is 30.1 Å². The molecule has 1 unspecified atom stereocenters. The summed E-state index contributed by atoms with van der Waals surface area (Å²) in [4.78, 5) is 0. The number of hydrogen-bond acceptors (Lipinski definition) is 3. The Labute approximate surface area is 112 Å². The maximum Gasteiger partial charge on any atom is 0.142 e. The summed E-state index contributed by atoms with van der Waals surface area (Å²) < 4.78 is 5.24. The van der Waals surface area contributed by atoms with E-state index < -0.39 is 0 Å². The van der Waals surface area contributed by atoms with Gasteiger partial charge >= 0.3 is 0 Å². The van der Waals surface area contributed by atoms with E-state index in [1.165, 1.54) is 0 Å². The van der Waals surface area contributed by atoms with Crippen molar-refractivity contribution >= 4 is 23.2 Å². The van der Waals surface area contributed by atoms with E-state index >= 15 is 0 Å². The molecule has 1 rings (SSSR count). The minimum atomic E-state index is 0.167. The normalized spacial score (nSPS) is 12.5. The molecule has 0 saturated heterocycles. The van der Waals surface area contributed by atoms with Gasteiger partial charge in [-0.05, 0) is 18.1 Å². The molecule has 96 valence electrons. The molecular weight excluding hydrogens is 261 g/mol. The van der Waals surface area contributed by atoms with Gasteiger partial charge in [-0.2, -0.15) is 0 Å². The van der Waals surface area contributed by atoms with Crippen molar-refractivity contribution in [3.63, 3.8) is 0 Å². The number of rotatable bonds is 6. The molecule has 1 atom stereocenters. The van der Waals surface area contributed by atoms with Crippen molar-refractivity contribution in [3.8, 4) is 5.75 Å². The van der Waals surface area contributed by atoms with Gasteiger partial charge in [0.2, 0.25) is 0 Å². The van der Waals surface area contributed by atoms with Crippen molar-refractivity contribution in [1.82, 2.24) is 5.32 Å². The summed E-state index contributed by atoms with van der Waals surface area (Å²) in [6, 6.07) is 3.48. The van der Waals surface area contributed by atoms with Crippen LogP contribution in [0.4, 0.5) is 0 Å². The molecule has 5 heteroatoms. The first-order valence-electron chi connectivity index (χ1n) is 5.42. The lowest BCUT2D eigenvalue weighted by Gasteiger charge is -2.13. The molecule has 0 saturated carbocycles. The minimum absolute atomic E-state index is 0.167. The Hall–Kier alpha value is -0.480. The maximum absolute atomic E-state index is 8.91. The molecule has 1 aromatic carbocycles. The summed E-state index contributed by atoms with van der Waals surface area (Å²) in [5, 5.41) is 13.2. The van der Waals surface area contributed by atoms with Crippen LogP contribution in [0.25, 0.3) is 0 Å². The van der Waals surface area contributed by atoms with Crippen LogP contribution in [0, 0.1) is 5.92 Å². The molecule has 0 amide bonds. The largest absolute Gasteiger partial charge is 0.495 e. The van der Waals surface area contributed by atoms with E-state index in [9.17, 15) is 0 Å². The lowest BCUT2D eigenvalue weighted by molar-refractivity contribution is 0.233. The highest BCUT2D eigenvalue weighted by Crippen LogP contribution is 2.31. The highest BCUT2D eigenvalue weighted by molar-refractivity contribution is 6.35. The van der Waals surface area contributed by atoms with E-state index in [1.807, 2.05) is 13.0 Å². The Morgan fingerprint density at radius 1 is 1.41 bits per heavy atom. The highest BCUT2D eigenvalue weighted by Gasteiger charge is 2.09. The van der Waals surface area contributed by atoms with E-state index in [4.69, 9.17) is 33.0 Å². The number of nitrogens with one attached hydrogen (secondary N) is 1. The van der Waals surface area contributed by atoms with Crippen LogP contribution in [0.5, 0.6) is 5.75 Å². The first kappa shape index (κ1) is 14.6. The third kappa shape index (κ3) is 4.36. The average Bonchev–Trinajstić information content (AvgIpc) is 2.28. The van der Waals surface area contributed by atoms with Crippen LogP contribution in [0.2, 0.25) is 10.0 Å². The second kappa shape index (κ2) is 7.07. The standard InChI is InChI=1S/C12H17Cl2NO2/c1-8(7-16)5-15-6-9-3-10(13)4-11(14)12(9)17-2/h3-4,8,15-16H,5-7H2,1-2H3. The average molecular weight is 278 g/mol. The second-order valence-electron chi connectivity index (χ2n) is 4.00. The van der Waals surface area contributed by atoms with Crippen molar-refractivity contribution in [2.24, 2.45) is 5.92 Å². The van der Waals surface area contributed by atoms with Gasteiger partial charge in [0.1, 0.15) is 5.75 Å². The molecule has 1 aromatic rings. The van der Waals surface area contributed by atoms with Gasteiger partial charge in [-0.15, -0.1) is 0 Å². The molecular formula is C12H17Cl2NO2. The zero-order valence-corrected chi connectivity index (χ0v) is 11.5. The number of aliphatic hydroxyl groups excluding tert-OH is 1. The van der Waals surface area contributed by atoms with Gasteiger partial charge in [0.15, 0.2) is 0 Å². The minimum Gasteiger partial charge on any atom is -0.495 e. The Morgan fingerprint density at radius 2 is 2.12 bits per heavy atom. The van der Waals surface area contributed by atoms with Crippen molar-refractivity contribution in [2.75, 3.05) is 20.3 Å². The fourth-order valence-electron chi connectivity index (χ4n) is 1.49. The van der Waals surface area contributed by atoms with Gasteiger partial charge in [0.05, 0.1) is 12.1 Å². The summed E-state index contributed by atoms with van der Waals surface area (Å²) >= 11 is 12.0. The van der Waals surface area contributed by atoms with Crippen LogP contribution >= 0.6 is 23.2 Å². The molecule has 0 heterocycles. The molecule has 3 nitrogen and oxygen atoms in total. The molecule has 0 aromatic heterocycles. The zero-order valence-electron chi connectivity index (χ0n) is 9.96. The molecule has 0 spiro atoms. The van der Waals surface area contributed by atoms with Crippen LogP contribution in [0.15, 0.2) is 12.1 Å². The zero-order chi connectivity index (χ0) is 12.8. The molecule has 0 fully saturated rings. The van der Waals surface area contributed by atoms with E-state index in [0.717, 1.165) is 12.1 Å². The Balaban J connectivity index is 2.69. The van der Waals surface area contributed by atoms with E-state index in [2.05, 4.69) is 5.32 Å². The Kier molecular flexibility index (Phi) is 6.06. The van der Waals surface area contributed by atoms with E-state index in [0.29, 0.717) is 22.3 Å². The van der Waals surface area contributed by atoms with Crippen LogP contribution < -0.4 is 10.1 Å². The van der Waals surface area contributed by atoms with Crippen molar-refractivity contribution in [1.29, 1.82) is 0 Å². The summed E-state index contributed by atoms with van der Waals surface area (Å²) in [7, 11) is 1.58. The molecule has 17 heavy (non-hydrogen) atoms.